The molecule has 0 fully saturated rings. The number of unbranched alkanes of at least 4 members (excludes halogenated alkanes) is 1. The molecule has 0 unspecified atom stereocenters. The molecule has 1 aromatic heterocycles. The first-order valence-corrected chi connectivity index (χ1v) is 5.60. The lowest BCUT2D eigenvalue weighted by Crippen LogP contribution is -1.97. The summed E-state index contributed by atoms with van der Waals surface area (Å²) in [6, 6.07) is 2.32. The van der Waals surface area contributed by atoms with E-state index in [2.05, 4.69) is 38.7 Å². The predicted octanol–water partition coefficient (Wildman–Crippen LogP) is 3.86. The molecule has 0 aliphatic heterocycles. The Balaban J connectivity index is 2.83. The summed E-state index contributed by atoms with van der Waals surface area (Å²) in [5.74, 6) is 0.587. The lowest BCUT2D eigenvalue weighted by Gasteiger charge is -2.10. The van der Waals surface area contributed by atoms with E-state index in [0.29, 0.717) is 5.92 Å². The summed E-state index contributed by atoms with van der Waals surface area (Å²) in [5.41, 5.74) is 3.97. The second-order valence-corrected chi connectivity index (χ2v) is 4.28. The standard InChI is InChI=1S/C13H21N/c1-5-6-7-12-8-13(10(2)3)11(4)14-9-12/h8-10H,5-7H2,1-4H3. The second-order valence-electron chi connectivity index (χ2n) is 4.28. The molecular weight excluding hydrogens is 170 g/mol. The molecule has 0 aliphatic carbocycles. The van der Waals surface area contributed by atoms with E-state index in [1.165, 1.54) is 36.1 Å². The zero-order valence-corrected chi connectivity index (χ0v) is 9.80. The molecule has 0 atom stereocenters. The highest BCUT2D eigenvalue weighted by molar-refractivity contribution is 5.27. The van der Waals surface area contributed by atoms with Crippen LogP contribution in [0, 0.1) is 6.92 Å². The van der Waals surface area contributed by atoms with Gasteiger partial charge >= 0.3 is 0 Å². The van der Waals surface area contributed by atoms with E-state index in [4.69, 9.17) is 0 Å². The maximum Gasteiger partial charge on any atom is 0.0407 e. The Morgan fingerprint density at radius 2 is 2.07 bits per heavy atom. The van der Waals surface area contributed by atoms with Gasteiger partial charge < -0.3 is 0 Å². The van der Waals surface area contributed by atoms with Gasteiger partial charge in [0.2, 0.25) is 0 Å². The average molecular weight is 191 g/mol. The van der Waals surface area contributed by atoms with Crippen LogP contribution < -0.4 is 0 Å². The van der Waals surface area contributed by atoms with E-state index in [-0.39, 0.29) is 0 Å². The first-order chi connectivity index (χ1) is 6.65. The first kappa shape index (κ1) is 11.2. The lowest BCUT2D eigenvalue weighted by atomic mass is 9.99. The number of hydrogen-bond donors (Lipinski definition) is 0. The second kappa shape index (κ2) is 5.14. The van der Waals surface area contributed by atoms with Crippen molar-refractivity contribution < 1.29 is 0 Å². The lowest BCUT2D eigenvalue weighted by molar-refractivity contribution is 0.780. The Morgan fingerprint density at radius 1 is 1.36 bits per heavy atom. The van der Waals surface area contributed by atoms with Gasteiger partial charge in [0.15, 0.2) is 0 Å². The third-order valence-electron chi connectivity index (χ3n) is 2.62. The highest BCUT2D eigenvalue weighted by Gasteiger charge is 2.05. The molecule has 0 spiro atoms. The van der Waals surface area contributed by atoms with Crippen molar-refractivity contribution in [1.82, 2.24) is 4.98 Å². The third kappa shape index (κ3) is 2.83. The van der Waals surface area contributed by atoms with Crippen LogP contribution in [0.1, 0.15) is 56.4 Å². The van der Waals surface area contributed by atoms with Crippen LogP contribution >= 0.6 is 0 Å². The van der Waals surface area contributed by atoms with Gasteiger partial charge in [-0.15, -0.1) is 0 Å². The summed E-state index contributed by atoms with van der Waals surface area (Å²) in [6.07, 6.45) is 5.72. The van der Waals surface area contributed by atoms with Crippen LogP contribution in [0.3, 0.4) is 0 Å². The number of aromatic nitrogens is 1. The summed E-state index contributed by atoms with van der Waals surface area (Å²) in [5, 5.41) is 0. The van der Waals surface area contributed by atoms with Crippen LogP contribution in [0.4, 0.5) is 0 Å². The molecule has 0 N–H and O–H groups in total. The van der Waals surface area contributed by atoms with Crippen molar-refractivity contribution in [2.24, 2.45) is 0 Å². The van der Waals surface area contributed by atoms with E-state index in [1.54, 1.807) is 0 Å². The summed E-state index contributed by atoms with van der Waals surface area (Å²) < 4.78 is 0. The fraction of sp³-hybridized carbons (Fsp3) is 0.615. The van der Waals surface area contributed by atoms with Gasteiger partial charge in [-0.1, -0.05) is 33.3 Å². The van der Waals surface area contributed by atoms with Crippen LogP contribution in [0.2, 0.25) is 0 Å². The monoisotopic (exact) mass is 191 g/mol. The maximum atomic E-state index is 4.45. The van der Waals surface area contributed by atoms with Crippen molar-refractivity contribution in [3.05, 3.63) is 29.1 Å². The van der Waals surface area contributed by atoms with Crippen molar-refractivity contribution >= 4 is 0 Å². The number of hydrogen-bond acceptors (Lipinski definition) is 1. The minimum absolute atomic E-state index is 0.587. The number of aryl methyl sites for hydroxylation is 2. The molecule has 0 aromatic carbocycles. The number of rotatable bonds is 4. The summed E-state index contributed by atoms with van der Waals surface area (Å²) in [7, 11) is 0. The summed E-state index contributed by atoms with van der Waals surface area (Å²) in [6.45, 7) is 8.78. The Morgan fingerprint density at radius 3 is 2.64 bits per heavy atom. The van der Waals surface area contributed by atoms with Crippen LogP contribution in [-0.4, -0.2) is 4.98 Å². The quantitative estimate of drug-likeness (QED) is 0.704. The Hall–Kier alpha value is -0.850. The number of nitrogens with zero attached hydrogens (tertiary/aromatic N) is 1. The van der Waals surface area contributed by atoms with Crippen molar-refractivity contribution in [2.45, 2.75) is 52.9 Å². The van der Waals surface area contributed by atoms with E-state index >= 15 is 0 Å². The van der Waals surface area contributed by atoms with Gasteiger partial charge in [0.1, 0.15) is 0 Å². The van der Waals surface area contributed by atoms with Gasteiger partial charge in [-0.25, -0.2) is 0 Å². The molecule has 0 amide bonds. The fourth-order valence-corrected chi connectivity index (χ4v) is 1.70. The zero-order chi connectivity index (χ0) is 10.6. The van der Waals surface area contributed by atoms with Crippen LogP contribution in [-0.2, 0) is 6.42 Å². The molecule has 1 nitrogen and oxygen atoms in total. The van der Waals surface area contributed by atoms with Crippen molar-refractivity contribution in [1.29, 1.82) is 0 Å². The normalized spacial score (nSPS) is 10.9. The molecule has 1 heterocycles. The molecule has 0 radical (unpaired) electrons. The van der Waals surface area contributed by atoms with Gasteiger partial charge in [0.05, 0.1) is 0 Å². The van der Waals surface area contributed by atoms with E-state index in [9.17, 15) is 0 Å². The van der Waals surface area contributed by atoms with Crippen molar-refractivity contribution in [3.63, 3.8) is 0 Å². The molecule has 0 bridgehead atoms. The van der Waals surface area contributed by atoms with Gasteiger partial charge in [0, 0.05) is 11.9 Å². The van der Waals surface area contributed by atoms with E-state index in [1.807, 2.05) is 6.20 Å². The predicted molar refractivity (Wildman–Crippen MR) is 61.7 cm³/mol. The first-order valence-electron chi connectivity index (χ1n) is 5.60. The minimum atomic E-state index is 0.587. The van der Waals surface area contributed by atoms with Crippen molar-refractivity contribution in [2.75, 3.05) is 0 Å². The average Bonchev–Trinajstić information content (AvgIpc) is 2.16. The smallest absolute Gasteiger partial charge is 0.0407 e. The molecule has 0 saturated heterocycles. The molecular formula is C13H21N. The summed E-state index contributed by atoms with van der Waals surface area (Å²) >= 11 is 0. The van der Waals surface area contributed by atoms with Crippen LogP contribution in [0.25, 0.3) is 0 Å². The Bertz CT molecular complexity index is 289. The molecule has 78 valence electrons. The fourth-order valence-electron chi connectivity index (χ4n) is 1.70. The minimum Gasteiger partial charge on any atom is -0.261 e. The molecule has 1 heteroatoms. The van der Waals surface area contributed by atoms with Gasteiger partial charge in [0.25, 0.3) is 0 Å². The zero-order valence-electron chi connectivity index (χ0n) is 9.80. The summed E-state index contributed by atoms with van der Waals surface area (Å²) in [4.78, 5) is 4.45. The largest absolute Gasteiger partial charge is 0.261 e. The molecule has 0 aliphatic rings. The van der Waals surface area contributed by atoms with E-state index in [0.717, 1.165) is 0 Å². The highest BCUT2D eigenvalue weighted by atomic mass is 14.7. The van der Waals surface area contributed by atoms with Crippen LogP contribution in [0.5, 0.6) is 0 Å². The van der Waals surface area contributed by atoms with Gasteiger partial charge in [-0.2, -0.15) is 0 Å². The third-order valence-corrected chi connectivity index (χ3v) is 2.62. The van der Waals surface area contributed by atoms with Crippen LogP contribution in [0.15, 0.2) is 12.3 Å². The van der Waals surface area contributed by atoms with Crippen molar-refractivity contribution in [3.8, 4) is 0 Å². The van der Waals surface area contributed by atoms with E-state index < -0.39 is 0 Å². The molecule has 1 rings (SSSR count). The topological polar surface area (TPSA) is 12.9 Å². The SMILES string of the molecule is CCCCc1cnc(C)c(C(C)C)c1. The molecule has 14 heavy (non-hydrogen) atoms. The highest BCUT2D eigenvalue weighted by Crippen LogP contribution is 2.19. The Labute approximate surface area is 87.6 Å². The molecule has 0 saturated carbocycles. The van der Waals surface area contributed by atoms with Gasteiger partial charge in [-0.3, -0.25) is 4.98 Å². The Kier molecular flexibility index (Phi) is 4.12. The number of pyridine rings is 1. The van der Waals surface area contributed by atoms with Gasteiger partial charge in [-0.05, 0) is 36.8 Å². The maximum absolute atomic E-state index is 4.45. The molecule has 1 aromatic rings.